The maximum atomic E-state index is 14.6. The number of rotatable bonds is 8. The van der Waals surface area contributed by atoms with Gasteiger partial charge in [-0.25, -0.2) is 27.8 Å². The molecule has 1 fully saturated rings. The summed E-state index contributed by atoms with van der Waals surface area (Å²) >= 11 is 0. The van der Waals surface area contributed by atoms with Crippen LogP contribution in [0.25, 0.3) is 56.1 Å². The fourth-order valence-electron chi connectivity index (χ4n) is 5.82. The zero-order chi connectivity index (χ0) is 31.1. The standard InChI is InChI=1S/C32H29FN8O3S/c1-45(43,44)11-9-18-12-20(14-22(33)13-18)24-8-10-35-30-27(24)38-31(39-30)29-28-26(40-41-29)7-6-25(37-28)21-15-23(17-34-16-21)36-32(42)19-4-2-3-5-19/h6-8,10,12-17,19H,2-5,9,11H2,1H3,(H,36,42)(H,40,41)(H,35,38,39). The number of sulfone groups is 1. The summed E-state index contributed by atoms with van der Waals surface area (Å²) in [7, 11) is -3.20. The van der Waals surface area contributed by atoms with Gasteiger partial charge in [-0.15, -0.1) is 0 Å². The number of amides is 1. The van der Waals surface area contributed by atoms with Crippen LogP contribution in [-0.2, 0) is 21.1 Å². The van der Waals surface area contributed by atoms with E-state index in [0.29, 0.717) is 61.8 Å². The molecule has 1 aliphatic carbocycles. The molecule has 0 unspecified atom stereocenters. The molecule has 0 saturated heterocycles. The molecular formula is C32H29FN8O3S. The van der Waals surface area contributed by atoms with Crippen molar-refractivity contribution in [2.24, 2.45) is 5.92 Å². The average Bonchev–Trinajstić information content (AvgIpc) is 3.79. The quantitative estimate of drug-likeness (QED) is 0.201. The van der Waals surface area contributed by atoms with Gasteiger partial charge in [0.2, 0.25) is 5.91 Å². The van der Waals surface area contributed by atoms with Crippen LogP contribution >= 0.6 is 0 Å². The summed E-state index contributed by atoms with van der Waals surface area (Å²) in [5.41, 5.74) is 6.53. The van der Waals surface area contributed by atoms with E-state index in [1.165, 1.54) is 12.1 Å². The van der Waals surface area contributed by atoms with Gasteiger partial charge in [-0.05, 0) is 66.8 Å². The van der Waals surface area contributed by atoms with Gasteiger partial charge < -0.3 is 10.3 Å². The summed E-state index contributed by atoms with van der Waals surface area (Å²) in [4.78, 5) is 34.2. The Kier molecular flexibility index (Phi) is 7.32. The predicted octanol–water partition coefficient (Wildman–Crippen LogP) is 5.48. The lowest BCUT2D eigenvalue weighted by Gasteiger charge is -2.11. The van der Waals surface area contributed by atoms with Crippen molar-refractivity contribution in [2.75, 3.05) is 17.3 Å². The molecule has 3 N–H and O–H groups in total. The Balaban J connectivity index is 1.22. The lowest BCUT2D eigenvalue weighted by atomic mass is 10.0. The number of carbonyl (C=O) groups is 1. The SMILES string of the molecule is CS(=O)(=O)CCc1cc(F)cc(-c2ccnc3nc(-c4n[nH]c5ccc(-c6cncc(NC(=O)C7CCCC7)c6)nc45)[nH]c23)c1. The van der Waals surface area contributed by atoms with Gasteiger partial charge >= 0.3 is 0 Å². The molecule has 0 bridgehead atoms. The second-order valence-corrected chi connectivity index (χ2v) is 13.7. The maximum absolute atomic E-state index is 14.6. The molecule has 1 aromatic carbocycles. The summed E-state index contributed by atoms with van der Waals surface area (Å²) in [6.45, 7) is 0. The van der Waals surface area contributed by atoms with Crippen molar-refractivity contribution in [1.82, 2.24) is 35.1 Å². The van der Waals surface area contributed by atoms with E-state index in [0.717, 1.165) is 37.5 Å². The van der Waals surface area contributed by atoms with Gasteiger partial charge in [0.05, 0.1) is 34.4 Å². The number of aromatic amines is 2. The molecule has 228 valence electrons. The minimum atomic E-state index is -3.20. The number of imidazole rings is 1. The zero-order valence-corrected chi connectivity index (χ0v) is 25.2. The number of pyridine rings is 3. The molecule has 0 aliphatic heterocycles. The third-order valence-electron chi connectivity index (χ3n) is 8.08. The maximum Gasteiger partial charge on any atom is 0.227 e. The van der Waals surface area contributed by atoms with E-state index in [-0.39, 0.29) is 24.0 Å². The van der Waals surface area contributed by atoms with E-state index >= 15 is 0 Å². The fraction of sp³-hybridized carbons (Fsp3) is 0.250. The minimum absolute atomic E-state index is 0.0215. The zero-order valence-electron chi connectivity index (χ0n) is 24.3. The van der Waals surface area contributed by atoms with Gasteiger partial charge in [0, 0.05) is 35.7 Å². The number of aryl methyl sites for hydroxylation is 1. The van der Waals surface area contributed by atoms with E-state index in [9.17, 15) is 17.6 Å². The molecule has 1 amide bonds. The van der Waals surface area contributed by atoms with Crippen LogP contribution in [0.3, 0.4) is 0 Å². The summed E-state index contributed by atoms with van der Waals surface area (Å²) < 4.78 is 38.0. The van der Waals surface area contributed by atoms with E-state index < -0.39 is 15.7 Å². The number of anilines is 1. The molecule has 13 heteroatoms. The molecule has 1 aliphatic rings. The molecule has 7 rings (SSSR count). The third kappa shape index (κ3) is 6.03. The second-order valence-electron chi connectivity index (χ2n) is 11.5. The van der Waals surface area contributed by atoms with Crippen molar-refractivity contribution in [3.63, 3.8) is 0 Å². The van der Waals surface area contributed by atoms with E-state index in [4.69, 9.17) is 4.98 Å². The number of aromatic nitrogens is 7. The molecule has 11 nitrogen and oxygen atoms in total. The number of halogens is 1. The van der Waals surface area contributed by atoms with Crippen LogP contribution in [0.5, 0.6) is 0 Å². The van der Waals surface area contributed by atoms with Gasteiger partial charge in [0.25, 0.3) is 0 Å². The summed E-state index contributed by atoms with van der Waals surface area (Å²) in [6.07, 6.45) is 10.3. The van der Waals surface area contributed by atoms with Gasteiger partial charge in [-0.1, -0.05) is 18.9 Å². The van der Waals surface area contributed by atoms with Crippen molar-refractivity contribution < 1.29 is 17.6 Å². The predicted molar refractivity (Wildman–Crippen MR) is 169 cm³/mol. The lowest BCUT2D eigenvalue weighted by molar-refractivity contribution is -0.119. The first-order valence-electron chi connectivity index (χ1n) is 14.6. The van der Waals surface area contributed by atoms with Crippen LogP contribution in [-0.4, -0.2) is 61.5 Å². The fourth-order valence-corrected chi connectivity index (χ4v) is 6.43. The highest BCUT2D eigenvalue weighted by molar-refractivity contribution is 7.90. The Labute approximate surface area is 257 Å². The highest BCUT2D eigenvalue weighted by atomic mass is 32.2. The van der Waals surface area contributed by atoms with Crippen LogP contribution in [0.15, 0.2) is 61.1 Å². The number of fused-ring (bicyclic) bond motifs is 2. The molecule has 5 aromatic heterocycles. The third-order valence-corrected chi connectivity index (χ3v) is 9.03. The molecule has 0 radical (unpaired) electrons. The van der Waals surface area contributed by atoms with E-state index in [2.05, 4.69) is 35.5 Å². The molecule has 1 saturated carbocycles. The monoisotopic (exact) mass is 624 g/mol. The Hall–Kier alpha value is -5.04. The van der Waals surface area contributed by atoms with Crippen LogP contribution in [0.4, 0.5) is 10.1 Å². The first-order chi connectivity index (χ1) is 21.7. The number of nitrogens with zero attached hydrogens (tertiary/aromatic N) is 5. The molecule has 6 aromatic rings. The molecular weight excluding hydrogens is 595 g/mol. The number of benzene rings is 1. The van der Waals surface area contributed by atoms with Gasteiger partial charge in [0.15, 0.2) is 17.2 Å². The van der Waals surface area contributed by atoms with Crippen LogP contribution in [0.2, 0.25) is 0 Å². The Bertz CT molecular complexity index is 2190. The number of nitrogens with one attached hydrogen (secondary N) is 3. The van der Waals surface area contributed by atoms with Crippen LogP contribution in [0, 0.1) is 11.7 Å². The molecule has 45 heavy (non-hydrogen) atoms. The number of hydrogen-bond acceptors (Lipinski definition) is 8. The van der Waals surface area contributed by atoms with Crippen LogP contribution in [0.1, 0.15) is 31.2 Å². The Morgan fingerprint density at radius 1 is 1.04 bits per heavy atom. The van der Waals surface area contributed by atoms with Gasteiger partial charge in [0.1, 0.15) is 21.2 Å². The van der Waals surface area contributed by atoms with Crippen molar-refractivity contribution in [1.29, 1.82) is 0 Å². The largest absolute Gasteiger partial charge is 0.335 e. The van der Waals surface area contributed by atoms with Gasteiger partial charge in [-0.2, -0.15) is 5.10 Å². The summed E-state index contributed by atoms with van der Waals surface area (Å²) in [5.74, 6) is -0.0591. The lowest BCUT2D eigenvalue weighted by Crippen LogP contribution is -2.20. The summed E-state index contributed by atoms with van der Waals surface area (Å²) in [5, 5.41) is 10.5. The number of carbonyl (C=O) groups excluding carboxylic acids is 1. The van der Waals surface area contributed by atoms with Crippen molar-refractivity contribution >= 4 is 43.6 Å². The normalized spacial score (nSPS) is 14.0. The first-order valence-corrected chi connectivity index (χ1v) is 16.7. The average molecular weight is 625 g/mol. The number of hydrogen-bond donors (Lipinski definition) is 3. The molecule has 0 atom stereocenters. The summed E-state index contributed by atoms with van der Waals surface area (Å²) in [6, 6.07) is 11.9. The van der Waals surface area contributed by atoms with Crippen molar-refractivity contribution in [2.45, 2.75) is 32.1 Å². The first kappa shape index (κ1) is 28.7. The number of H-pyrrole nitrogens is 2. The Morgan fingerprint density at radius 3 is 2.71 bits per heavy atom. The highest BCUT2D eigenvalue weighted by Crippen LogP contribution is 2.32. The van der Waals surface area contributed by atoms with E-state index in [1.807, 2.05) is 18.2 Å². The molecule has 0 spiro atoms. The Morgan fingerprint density at radius 2 is 1.89 bits per heavy atom. The highest BCUT2D eigenvalue weighted by Gasteiger charge is 2.23. The minimum Gasteiger partial charge on any atom is -0.335 e. The molecule has 5 heterocycles. The van der Waals surface area contributed by atoms with Crippen molar-refractivity contribution in [3.8, 4) is 33.9 Å². The van der Waals surface area contributed by atoms with Gasteiger partial charge in [-0.3, -0.25) is 14.9 Å². The smallest absolute Gasteiger partial charge is 0.227 e. The van der Waals surface area contributed by atoms with Crippen molar-refractivity contribution in [3.05, 3.63) is 72.4 Å². The van der Waals surface area contributed by atoms with Crippen LogP contribution < -0.4 is 5.32 Å². The van der Waals surface area contributed by atoms with E-state index in [1.54, 1.807) is 30.7 Å². The second kappa shape index (κ2) is 11.5. The topological polar surface area (TPSA) is 159 Å².